The van der Waals surface area contributed by atoms with Gasteiger partial charge in [0, 0.05) is 12.6 Å². The Kier molecular flexibility index (Phi) is 3.98. The molecule has 1 amide bonds. The van der Waals surface area contributed by atoms with E-state index in [1.165, 1.54) is 5.56 Å². The number of benzene rings is 1. The van der Waals surface area contributed by atoms with Crippen molar-refractivity contribution in [2.24, 2.45) is 5.92 Å². The van der Waals surface area contributed by atoms with E-state index in [1.54, 1.807) is 0 Å². The number of rotatable bonds is 3. The topological polar surface area (TPSA) is 61.4 Å². The van der Waals surface area contributed by atoms with Crippen molar-refractivity contribution in [3.05, 3.63) is 35.9 Å². The zero-order valence-electron chi connectivity index (χ0n) is 9.73. The highest BCUT2D eigenvalue weighted by Crippen LogP contribution is 2.16. The van der Waals surface area contributed by atoms with Crippen LogP contribution in [0, 0.1) is 5.92 Å². The van der Waals surface area contributed by atoms with E-state index >= 15 is 0 Å². The van der Waals surface area contributed by atoms with Crippen LogP contribution in [0.3, 0.4) is 0 Å². The normalized spacial score (nSPS) is 24.2. The van der Waals surface area contributed by atoms with Crippen molar-refractivity contribution in [3.8, 4) is 0 Å². The molecule has 92 valence electrons. The van der Waals surface area contributed by atoms with Crippen LogP contribution in [0.25, 0.3) is 0 Å². The lowest BCUT2D eigenvalue weighted by Crippen LogP contribution is -2.48. The lowest BCUT2D eigenvalue weighted by molar-refractivity contribution is 0.183. The van der Waals surface area contributed by atoms with Gasteiger partial charge in [-0.15, -0.1) is 0 Å². The third-order valence-corrected chi connectivity index (χ3v) is 3.14. The molecule has 2 rings (SSSR count). The monoisotopic (exact) mass is 234 g/mol. The van der Waals surface area contributed by atoms with Gasteiger partial charge in [0.2, 0.25) is 0 Å². The number of piperidine rings is 1. The first-order valence-electron chi connectivity index (χ1n) is 5.98. The molecule has 4 nitrogen and oxygen atoms in total. The maximum absolute atomic E-state index is 10.6. The molecule has 2 atom stereocenters. The van der Waals surface area contributed by atoms with Crippen molar-refractivity contribution in [2.45, 2.75) is 18.9 Å². The Labute approximate surface area is 101 Å². The fourth-order valence-electron chi connectivity index (χ4n) is 2.42. The molecule has 0 bridgehead atoms. The van der Waals surface area contributed by atoms with E-state index < -0.39 is 6.09 Å². The van der Waals surface area contributed by atoms with E-state index in [-0.39, 0.29) is 6.04 Å². The van der Waals surface area contributed by atoms with Gasteiger partial charge in [0.15, 0.2) is 0 Å². The maximum Gasteiger partial charge on any atom is 0.404 e. The second-order valence-corrected chi connectivity index (χ2v) is 4.60. The summed E-state index contributed by atoms with van der Waals surface area (Å²) in [6.07, 6.45) is 0.983. The van der Waals surface area contributed by atoms with E-state index in [0.29, 0.717) is 5.92 Å². The molecule has 0 aliphatic carbocycles. The Hall–Kier alpha value is -1.55. The van der Waals surface area contributed by atoms with Crippen molar-refractivity contribution in [3.63, 3.8) is 0 Å². The minimum absolute atomic E-state index is 0.0370. The molecule has 0 aromatic heterocycles. The second kappa shape index (κ2) is 5.68. The predicted octanol–water partition coefficient (Wildman–Crippen LogP) is 1.47. The number of hydrogen-bond acceptors (Lipinski definition) is 2. The quantitative estimate of drug-likeness (QED) is 0.742. The fraction of sp³-hybridized carbons (Fsp3) is 0.462. The average Bonchev–Trinajstić information content (AvgIpc) is 2.30. The van der Waals surface area contributed by atoms with Gasteiger partial charge >= 0.3 is 6.09 Å². The Balaban J connectivity index is 1.87. The molecule has 1 aromatic carbocycles. The summed E-state index contributed by atoms with van der Waals surface area (Å²) < 4.78 is 0. The molecule has 1 unspecified atom stereocenters. The van der Waals surface area contributed by atoms with Crippen LogP contribution in [-0.2, 0) is 6.42 Å². The third-order valence-electron chi connectivity index (χ3n) is 3.14. The highest BCUT2D eigenvalue weighted by atomic mass is 16.4. The predicted molar refractivity (Wildman–Crippen MR) is 66.1 cm³/mol. The van der Waals surface area contributed by atoms with Crippen molar-refractivity contribution in [1.82, 2.24) is 10.6 Å². The van der Waals surface area contributed by atoms with Crippen LogP contribution in [0.1, 0.15) is 12.0 Å². The van der Waals surface area contributed by atoms with Gasteiger partial charge in [0.05, 0.1) is 0 Å². The van der Waals surface area contributed by atoms with E-state index in [9.17, 15) is 4.79 Å². The standard InChI is InChI=1S/C13H18N2O2/c16-13(17)15-12-7-11(8-14-9-12)6-10-4-2-1-3-5-10/h1-5,11-12,14-15H,6-9H2,(H,16,17)/t11?,12-/m0/s1. The molecule has 1 fully saturated rings. The van der Waals surface area contributed by atoms with Gasteiger partial charge < -0.3 is 15.7 Å². The molecule has 1 aliphatic heterocycles. The highest BCUT2D eigenvalue weighted by Gasteiger charge is 2.22. The van der Waals surface area contributed by atoms with Gasteiger partial charge in [-0.1, -0.05) is 30.3 Å². The van der Waals surface area contributed by atoms with Gasteiger partial charge in [-0.05, 0) is 30.9 Å². The third kappa shape index (κ3) is 3.75. The first-order chi connectivity index (χ1) is 8.24. The van der Waals surface area contributed by atoms with Gasteiger partial charge in [-0.25, -0.2) is 4.79 Å². The SMILES string of the molecule is O=C(O)N[C@@H]1CNCC(Cc2ccccc2)C1. The summed E-state index contributed by atoms with van der Waals surface area (Å²) in [6.45, 7) is 1.70. The second-order valence-electron chi connectivity index (χ2n) is 4.60. The van der Waals surface area contributed by atoms with Gasteiger partial charge in [0.25, 0.3) is 0 Å². The Morgan fingerprint density at radius 1 is 1.35 bits per heavy atom. The van der Waals surface area contributed by atoms with Gasteiger partial charge in [-0.2, -0.15) is 0 Å². The van der Waals surface area contributed by atoms with Crippen molar-refractivity contribution < 1.29 is 9.90 Å². The minimum Gasteiger partial charge on any atom is -0.465 e. The molecule has 3 N–H and O–H groups in total. The van der Waals surface area contributed by atoms with Crippen LogP contribution >= 0.6 is 0 Å². The molecule has 17 heavy (non-hydrogen) atoms. The van der Waals surface area contributed by atoms with Gasteiger partial charge in [-0.3, -0.25) is 0 Å². The Bertz CT molecular complexity index is 367. The number of carbonyl (C=O) groups is 1. The summed E-state index contributed by atoms with van der Waals surface area (Å²) in [5, 5.41) is 14.5. The largest absolute Gasteiger partial charge is 0.465 e. The zero-order valence-corrected chi connectivity index (χ0v) is 9.73. The molecular formula is C13H18N2O2. The number of nitrogens with one attached hydrogen (secondary N) is 2. The molecular weight excluding hydrogens is 216 g/mol. The molecule has 0 spiro atoms. The molecule has 1 aromatic rings. The molecule has 0 radical (unpaired) electrons. The van der Waals surface area contributed by atoms with Gasteiger partial charge in [0.1, 0.15) is 0 Å². The fourth-order valence-corrected chi connectivity index (χ4v) is 2.42. The van der Waals surface area contributed by atoms with Crippen LogP contribution in [0.4, 0.5) is 4.79 Å². The smallest absolute Gasteiger partial charge is 0.404 e. The first kappa shape index (κ1) is 11.9. The Morgan fingerprint density at radius 3 is 2.82 bits per heavy atom. The molecule has 0 saturated carbocycles. The zero-order chi connectivity index (χ0) is 12.1. The molecule has 1 saturated heterocycles. The lowest BCUT2D eigenvalue weighted by Gasteiger charge is -2.29. The lowest BCUT2D eigenvalue weighted by atomic mass is 9.90. The summed E-state index contributed by atoms with van der Waals surface area (Å²) in [5.41, 5.74) is 1.32. The summed E-state index contributed by atoms with van der Waals surface area (Å²) in [5.74, 6) is 0.503. The van der Waals surface area contributed by atoms with Crippen molar-refractivity contribution >= 4 is 6.09 Å². The summed E-state index contributed by atoms with van der Waals surface area (Å²) >= 11 is 0. The highest BCUT2D eigenvalue weighted by molar-refractivity contribution is 5.64. The number of carboxylic acid groups (broad SMARTS) is 1. The Morgan fingerprint density at radius 2 is 2.12 bits per heavy atom. The average molecular weight is 234 g/mol. The number of amides is 1. The van der Waals surface area contributed by atoms with Crippen molar-refractivity contribution in [1.29, 1.82) is 0 Å². The van der Waals surface area contributed by atoms with Crippen LogP contribution in [0.2, 0.25) is 0 Å². The van der Waals surface area contributed by atoms with E-state index in [4.69, 9.17) is 5.11 Å². The maximum atomic E-state index is 10.6. The number of hydrogen-bond donors (Lipinski definition) is 3. The summed E-state index contributed by atoms with van der Waals surface area (Å²) in [4.78, 5) is 10.6. The van der Waals surface area contributed by atoms with E-state index in [1.807, 2.05) is 18.2 Å². The van der Waals surface area contributed by atoms with Crippen LogP contribution < -0.4 is 10.6 Å². The van der Waals surface area contributed by atoms with Crippen molar-refractivity contribution in [2.75, 3.05) is 13.1 Å². The minimum atomic E-state index is -0.933. The summed E-state index contributed by atoms with van der Waals surface area (Å²) in [6, 6.07) is 10.4. The van der Waals surface area contributed by atoms with E-state index in [0.717, 1.165) is 25.9 Å². The van der Waals surface area contributed by atoms with Crippen LogP contribution in [0.15, 0.2) is 30.3 Å². The summed E-state index contributed by atoms with van der Waals surface area (Å²) in [7, 11) is 0. The van der Waals surface area contributed by atoms with Crippen LogP contribution in [-0.4, -0.2) is 30.3 Å². The molecule has 1 heterocycles. The molecule has 1 aliphatic rings. The van der Waals surface area contributed by atoms with Crippen LogP contribution in [0.5, 0.6) is 0 Å². The van der Waals surface area contributed by atoms with E-state index in [2.05, 4.69) is 22.8 Å². The molecule has 4 heteroatoms. The first-order valence-corrected chi connectivity index (χ1v) is 5.98.